The first-order valence-corrected chi connectivity index (χ1v) is 6.62. The van der Waals surface area contributed by atoms with Gasteiger partial charge >= 0.3 is 0 Å². The Morgan fingerprint density at radius 1 is 1.40 bits per heavy atom. The Balaban J connectivity index is 2.29. The van der Waals surface area contributed by atoms with Gasteiger partial charge < -0.3 is 4.57 Å². The summed E-state index contributed by atoms with van der Waals surface area (Å²) in [5, 5.41) is 2.78. The highest BCUT2D eigenvalue weighted by Crippen LogP contribution is 2.15. The molecule has 2 rings (SSSR count). The van der Waals surface area contributed by atoms with Crippen molar-refractivity contribution in [2.75, 3.05) is 5.33 Å². The zero-order valence-electron chi connectivity index (χ0n) is 8.02. The number of carbonyl (C=O) groups is 1. The fourth-order valence-electron chi connectivity index (χ4n) is 1.44. The molecule has 2 aromatic heterocycles. The molecule has 0 amide bonds. The highest BCUT2D eigenvalue weighted by Gasteiger charge is 2.13. The van der Waals surface area contributed by atoms with Gasteiger partial charge in [0.1, 0.15) is 0 Å². The monoisotopic (exact) mass is 283 g/mol. The van der Waals surface area contributed by atoms with Crippen LogP contribution in [0.5, 0.6) is 0 Å². The quantitative estimate of drug-likeness (QED) is 0.624. The maximum Gasteiger partial charge on any atom is 0.219 e. The van der Waals surface area contributed by atoms with Gasteiger partial charge in [0.2, 0.25) is 5.78 Å². The molecule has 0 bridgehead atoms. The first-order chi connectivity index (χ1) is 7.33. The van der Waals surface area contributed by atoms with Crippen molar-refractivity contribution in [1.29, 1.82) is 0 Å². The molecule has 0 aromatic carbocycles. The molecule has 0 unspecified atom stereocenters. The number of alkyl halides is 1. The number of rotatable bonds is 4. The lowest BCUT2D eigenvalue weighted by Gasteiger charge is -2.04. The van der Waals surface area contributed by atoms with E-state index >= 15 is 0 Å². The molecule has 2 heterocycles. The SMILES string of the molecule is O=C(c1cccs1)c1cccn1CCBr. The van der Waals surface area contributed by atoms with Crippen LogP contribution in [0.2, 0.25) is 0 Å². The average Bonchev–Trinajstić information content (AvgIpc) is 2.87. The zero-order chi connectivity index (χ0) is 10.7. The van der Waals surface area contributed by atoms with Gasteiger partial charge in [0.25, 0.3) is 0 Å². The highest BCUT2D eigenvalue weighted by molar-refractivity contribution is 9.09. The fraction of sp³-hybridized carbons (Fsp3) is 0.182. The topological polar surface area (TPSA) is 22.0 Å². The lowest BCUT2D eigenvalue weighted by molar-refractivity contribution is 0.103. The van der Waals surface area contributed by atoms with E-state index in [2.05, 4.69) is 15.9 Å². The smallest absolute Gasteiger partial charge is 0.219 e. The summed E-state index contributed by atoms with van der Waals surface area (Å²) < 4.78 is 1.97. The maximum absolute atomic E-state index is 12.0. The molecule has 0 aliphatic carbocycles. The average molecular weight is 284 g/mol. The molecule has 0 fully saturated rings. The number of ketones is 1. The second-order valence-electron chi connectivity index (χ2n) is 3.08. The fourth-order valence-corrected chi connectivity index (χ4v) is 2.49. The Morgan fingerprint density at radius 2 is 2.27 bits per heavy atom. The van der Waals surface area contributed by atoms with Crippen LogP contribution in [0.15, 0.2) is 35.8 Å². The minimum atomic E-state index is 0.107. The Hall–Kier alpha value is -0.870. The van der Waals surface area contributed by atoms with Crippen LogP contribution in [-0.2, 0) is 6.54 Å². The summed E-state index contributed by atoms with van der Waals surface area (Å²) in [5.74, 6) is 0.107. The van der Waals surface area contributed by atoms with Crippen LogP contribution in [-0.4, -0.2) is 15.7 Å². The molecular weight excluding hydrogens is 274 g/mol. The van der Waals surface area contributed by atoms with E-state index in [0.29, 0.717) is 0 Å². The van der Waals surface area contributed by atoms with E-state index < -0.39 is 0 Å². The Morgan fingerprint density at radius 3 is 2.93 bits per heavy atom. The van der Waals surface area contributed by atoms with Crippen LogP contribution in [0.1, 0.15) is 15.4 Å². The molecule has 0 saturated heterocycles. The summed E-state index contributed by atoms with van der Waals surface area (Å²) in [5.41, 5.74) is 0.761. The summed E-state index contributed by atoms with van der Waals surface area (Å²) in [6.45, 7) is 0.819. The lowest BCUT2D eigenvalue weighted by Crippen LogP contribution is -2.09. The second-order valence-corrected chi connectivity index (χ2v) is 4.82. The van der Waals surface area contributed by atoms with Crippen molar-refractivity contribution in [3.05, 3.63) is 46.4 Å². The third kappa shape index (κ3) is 2.21. The Labute approximate surface area is 101 Å². The van der Waals surface area contributed by atoms with Gasteiger partial charge in [0.15, 0.2) is 0 Å². The molecule has 0 aliphatic heterocycles. The van der Waals surface area contributed by atoms with Gasteiger partial charge in [-0.1, -0.05) is 22.0 Å². The number of aromatic nitrogens is 1. The number of nitrogens with zero attached hydrogens (tertiary/aromatic N) is 1. The van der Waals surface area contributed by atoms with Crippen LogP contribution in [0.25, 0.3) is 0 Å². The van der Waals surface area contributed by atoms with Crippen LogP contribution < -0.4 is 0 Å². The summed E-state index contributed by atoms with van der Waals surface area (Å²) >= 11 is 4.85. The van der Waals surface area contributed by atoms with Crippen molar-refractivity contribution in [3.8, 4) is 0 Å². The van der Waals surface area contributed by atoms with Gasteiger partial charge in [-0.15, -0.1) is 11.3 Å². The third-order valence-electron chi connectivity index (χ3n) is 2.13. The lowest BCUT2D eigenvalue weighted by atomic mass is 10.2. The van der Waals surface area contributed by atoms with Gasteiger partial charge in [-0.2, -0.15) is 0 Å². The Kier molecular flexibility index (Phi) is 3.38. The summed E-state index contributed by atoms with van der Waals surface area (Å²) in [4.78, 5) is 12.8. The van der Waals surface area contributed by atoms with E-state index in [0.717, 1.165) is 22.4 Å². The minimum Gasteiger partial charge on any atom is -0.344 e. The molecule has 15 heavy (non-hydrogen) atoms. The number of thiophene rings is 1. The largest absolute Gasteiger partial charge is 0.344 e. The van der Waals surface area contributed by atoms with E-state index in [1.165, 1.54) is 11.3 Å². The van der Waals surface area contributed by atoms with Gasteiger partial charge in [0, 0.05) is 18.1 Å². The number of aryl methyl sites for hydroxylation is 1. The van der Waals surface area contributed by atoms with Crippen LogP contribution in [0, 0.1) is 0 Å². The predicted molar refractivity (Wildman–Crippen MR) is 66.0 cm³/mol. The van der Waals surface area contributed by atoms with Crippen molar-refractivity contribution >= 4 is 33.0 Å². The summed E-state index contributed by atoms with van der Waals surface area (Å²) in [6.07, 6.45) is 1.93. The van der Waals surface area contributed by atoms with E-state index in [1.807, 2.05) is 40.4 Å². The highest BCUT2D eigenvalue weighted by atomic mass is 79.9. The molecule has 4 heteroatoms. The van der Waals surface area contributed by atoms with Gasteiger partial charge in [-0.25, -0.2) is 0 Å². The molecule has 0 atom stereocenters. The standard InChI is InChI=1S/C11H10BrNOS/c12-5-7-13-6-1-3-9(13)11(14)10-4-2-8-15-10/h1-4,6,8H,5,7H2. The van der Waals surface area contributed by atoms with E-state index in [1.54, 1.807) is 0 Å². The van der Waals surface area contributed by atoms with E-state index in [4.69, 9.17) is 0 Å². The molecule has 0 radical (unpaired) electrons. The van der Waals surface area contributed by atoms with Gasteiger partial charge in [-0.3, -0.25) is 4.79 Å². The second kappa shape index (κ2) is 4.77. The molecule has 0 N–H and O–H groups in total. The molecule has 2 nitrogen and oxygen atoms in total. The number of hydrogen-bond acceptors (Lipinski definition) is 2. The minimum absolute atomic E-state index is 0.107. The molecular formula is C11H10BrNOS. The van der Waals surface area contributed by atoms with Crippen LogP contribution >= 0.6 is 27.3 Å². The van der Waals surface area contributed by atoms with Crippen molar-refractivity contribution in [3.63, 3.8) is 0 Å². The molecule has 0 aliphatic rings. The number of hydrogen-bond donors (Lipinski definition) is 0. The number of halogens is 1. The van der Waals surface area contributed by atoms with Crippen molar-refractivity contribution in [2.45, 2.75) is 6.54 Å². The molecule has 0 saturated carbocycles. The molecule has 2 aromatic rings. The molecule has 0 spiro atoms. The van der Waals surface area contributed by atoms with Crippen molar-refractivity contribution in [1.82, 2.24) is 4.57 Å². The van der Waals surface area contributed by atoms with Crippen molar-refractivity contribution in [2.24, 2.45) is 0 Å². The maximum atomic E-state index is 12.0. The van der Waals surface area contributed by atoms with Crippen LogP contribution in [0.4, 0.5) is 0 Å². The van der Waals surface area contributed by atoms with Crippen molar-refractivity contribution < 1.29 is 4.79 Å². The summed E-state index contributed by atoms with van der Waals surface area (Å²) in [6, 6.07) is 7.53. The summed E-state index contributed by atoms with van der Waals surface area (Å²) in [7, 11) is 0. The normalized spacial score (nSPS) is 10.5. The predicted octanol–water partition coefficient (Wildman–Crippen LogP) is 3.18. The van der Waals surface area contributed by atoms with Crippen LogP contribution in [0.3, 0.4) is 0 Å². The van der Waals surface area contributed by atoms with E-state index in [9.17, 15) is 4.79 Å². The number of carbonyl (C=O) groups excluding carboxylic acids is 1. The first kappa shape index (κ1) is 10.6. The Bertz CT molecular complexity index is 447. The zero-order valence-corrected chi connectivity index (χ0v) is 10.4. The van der Waals surface area contributed by atoms with Gasteiger partial charge in [0.05, 0.1) is 10.6 Å². The third-order valence-corrected chi connectivity index (χ3v) is 3.36. The van der Waals surface area contributed by atoms with E-state index in [-0.39, 0.29) is 5.78 Å². The van der Waals surface area contributed by atoms with Gasteiger partial charge in [-0.05, 0) is 23.6 Å². The molecule has 78 valence electrons. The first-order valence-electron chi connectivity index (χ1n) is 4.62.